The highest BCUT2D eigenvalue weighted by Gasteiger charge is 2.29. The number of aromatic amines is 1. The van der Waals surface area contributed by atoms with Crippen molar-refractivity contribution in [1.82, 2.24) is 34.7 Å². The minimum Gasteiger partial charge on any atom is -0.494 e. The second-order valence-corrected chi connectivity index (χ2v) is 16.2. The number of halogens is 1. The molecule has 1 N–H and O–H groups in total. The first-order chi connectivity index (χ1) is 26.8. The van der Waals surface area contributed by atoms with Crippen LogP contribution in [-0.2, 0) is 6.42 Å². The highest BCUT2D eigenvalue weighted by molar-refractivity contribution is 14.1. The minimum absolute atomic E-state index is 0.552. The topological polar surface area (TPSA) is 96.0 Å². The fraction of sp³-hybridized carbons (Fsp3) is 0.366. The Balaban J connectivity index is 1.16. The summed E-state index contributed by atoms with van der Waals surface area (Å²) in [5.74, 6) is 2.10. The molecule has 2 fully saturated rings. The molecule has 0 amide bonds. The Morgan fingerprint density at radius 1 is 0.909 bits per heavy atom. The van der Waals surface area contributed by atoms with Gasteiger partial charge in [-0.1, -0.05) is 42.3 Å². The Morgan fingerprint density at radius 3 is 2.42 bits per heavy atom. The number of fused-ring (bicyclic) bond motifs is 2. The fourth-order valence-electron chi connectivity index (χ4n) is 7.94. The summed E-state index contributed by atoms with van der Waals surface area (Å²) in [6, 6.07) is 22.0. The fourth-order valence-corrected chi connectivity index (χ4v) is 9.06. The van der Waals surface area contributed by atoms with Crippen LogP contribution in [0.1, 0.15) is 24.0 Å². The van der Waals surface area contributed by atoms with Crippen LogP contribution in [0.5, 0.6) is 5.75 Å². The number of aromatic nitrogens is 5. The molecule has 0 bridgehead atoms. The van der Waals surface area contributed by atoms with E-state index in [0.717, 1.165) is 109 Å². The number of piperazine rings is 1. The SMILES string of the molecule is COc1cc(N2CCC(N3CCN(C)CC3)CC2)c(Cc2ccccc2)cc1N(C)c1nc(N(I)c2ccc3nccnc3c2N(C)SC)c2cc[nH]c2n1. The van der Waals surface area contributed by atoms with Gasteiger partial charge in [0, 0.05) is 96.0 Å². The molecule has 0 unspecified atom stereocenters. The summed E-state index contributed by atoms with van der Waals surface area (Å²) in [6.45, 7) is 6.67. The van der Waals surface area contributed by atoms with Crippen LogP contribution in [0, 0.1) is 0 Å². The van der Waals surface area contributed by atoms with Crippen LogP contribution in [0.3, 0.4) is 0 Å². The van der Waals surface area contributed by atoms with E-state index >= 15 is 0 Å². The van der Waals surface area contributed by atoms with Gasteiger partial charge in [0.05, 0.1) is 57.9 Å². The summed E-state index contributed by atoms with van der Waals surface area (Å²) in [6.07, 6.45) is 10.6. The van der Waals surface area contributed by atoms with E-state index in [0.29, 0.717) is 12.0 Å². The van der Waals surface area contributed by atoms with Gasteiger partial charge in [0.15, 0.2) is 5.82 Å². The van der Waals surface area contributed by atoms with Crippen LogP contribution in [-0.4, -0.2) is 115 Å². The van der Waals surface area contributed by atoms with Crippen molar-refractivity contribution in [2.24, 2.45) is 0 Å². The maximum atomic E-state index is 6.19. The molecule has 0 spiro atoms. The van der Waals surface area contributed by atoms with Gasteiger partial charge in [0.1, 0.15) is 16.9 Å². The van der Waals surface area contributed by atoms with Crippen LogP contribution in [0.15, 0.2) is 79.3 Å². The van der Waals surface area contributed by atoms with E-state index in [1.165, 1.54) is 16.8 Å². The minimum atomic E-state index is 0.552. The van der Waals surface area contributed by atoms with E-state index in [1.54, 1.807) is 31.5 Å². The third-order valence-electron chi connectivity index (χ3n) is 11.1. The third-order valence-corrected chi connectivity index (χ3v) is 12.8. The maximum absolute atomic E-state index is 6.19. The van der Waals surface area contributed by atoms with Crippen LogP contribution in [0.4, 0.5) is 34.5 Å². The Bertz CT molecular complexity index is 2260. The number of hydrogen-bond acceptors (Lipinski definition) is 12. The molecule has 2 saturated heterocycles. The summed E-state index contributed by atoms with van der Waals surface area (Å²) >= 11 is 3.97. The molecule has 0 aliphatic carbocycles. The lowest BCUT2D eigenvalue weighted by Gasteiger charge is -2.43. The maximum Gasteiger partial charge on any atom is 0.233 e. The van der Waals surface area contributed by atoms with Gasteiger partial charge in [0.2, 0.25) is 5.95 Å². The van der Waals surface area contributed by atoms with Crippen molar-refractivity contribution in [3.63, 3.8) is 0 Å². The Hall–Kier alpha value is -4.38. The first-order valence-corrected chi connectivity index (χ1v) is 21.0. The molecule has 5 heterocycles. The highest BCUT2D eigenvalue weighted by atomic mass is 127. The zero-order valence-electron chi connectivity index (χ0n) is 32.1. The predicted molar refractivity (Wildman–Crippen MR) is 236 cm³/mol. The van der Waals surface area contributed by atoms with Gasteiger partial charge in [-0.3, -0.25) is 18.0 Å². The second kappa shape index (κ2) is 16.4. The summed E-state index contributed by atoms with van der Waals surface area (Å²) in [5, 5.41) is 0.913. The van der Waals surface area contributed by atoms with Crippen molar-refractivity contribution in [1.29, 1.82) is 0 Å². The number of H-pyrrole nitrogens is 1. The number of piperidine rings is 1. The van der Waals surface area contributed by atoms with Crippen molar-refractivity contribution >= 4 is 91.4 Å². The molecule has 0 radical (unpaired) electrons. The average Bonchev–Trinajstić information content (AvgIpc) is 3.72. The molecule has 2 aliphatic heterocycles. The molecule has 0 atom stereocenters. The Morgan fingerprint density at radius 2 is 1.67 bits per heavy atom. The van der Waals surface area contributed by atoms with Crippen LogP contribution < -0.4 is 22.0 Å². The first-order valence-electron chi connectivity index (χ1n) is 18.8. The van der Waals surface area contributed by atoms with E-state index in [4.69, 9.17) is 19.7 Å². The molecule has 8 rings (SSSR count). The van der Waals surface area contributed by atoms with Crippen LogP contribution >= 0.6 is 34.8 Å². The monoisotopic (exact) mass is 869 g/mol. The Kier molecular flexibility index (Phi) is 11.2. The van der Waals surface area contributed by atoms with Gasteiger partial charge in [-0.05, 0) is 61.7 Å². The molecule has 55 heavy (non-hydrogen) atoms. The molecule has 286 valence electrons. The van der Waals surface area contributed by atoms with E-state index in [-0.39, 0.29) is 0 Å². The molecule has 3 aromatic heterocycles. The number of methoxy groups -OCH3 is 1. The summed E-state index contributed by atoms with van der Waals surface area (Å²) in [7, 11) is 8.06. The largest absolute Gasteiger partial charge is 0.494 e. The molecular weight excluding hydrogens is 821 g/mol. The van der Waals surface area contributed by atoms with Crippen molar-refractivity contribution < 1.29 is 4.74 Å². The van der Waals surface area contributed by atoms with Gasteiger partial charge in [-0.25, -0.2) is 0 Å². The lowest BCUT2D eigenvalue weighted by molar-refractivity contribution is 0.0982. The van der Waals surface area contributed by atoms with E-state index in [9.17, 15) is 0 Å². The normalized spacial score (nSPS) is 15.9. The van der Waals surface area contributed by atoms with E-state index < -0.39 is 0 Å². The van der Waals surface area contributed by atoms with Crippen molar-refractivity contribution in [3.8, 4) is 5.75 Å². The van der Waals surface area contributed by atoms with Gasteiger partial charge < -0.3 is 28.7 Å². The summed E-state index contributed by atoms with van der Waals surface area (Å²) in [5.41, 5.74) is 8.99. The lowest BCUT2D eigenvalue weighted by Crippen LogP contribution is -2.52. The predicted octanol–water partition coefficient (Wildman–Crippen LogP) is 7.69. The molecule has 2 aliphatic rings. The number of rotatable bonds is 11. The van der Waals surface area contributed by atoms with Gasteiger partial charge in [0.25, 0.3) is 0 Å². The standard InChI is InChI=1S/C41H48IN11OS/c1-48-21-23-51(24-22-48)30-14-19-52(20-15-30)34-27-36(54-4)35(26-29(34)25-28-9-7-6-8-10-28)49(2)41-46-39-31(13-16-45-39)40(47-41)53(42)33-12-11-32-37(44-18-17-43-32)38(33)50(3)55-5/h6-13,16-18,26-27,30H,14-15,19-25H2,1-5H3,(H,45,46,47). The quantitative estimate of drug-likeness (QED) is 0.0787. The first kappa shape index (κ1) is 37.5. The number of anilines is 6. The molecule has 3 aromatic carbocycles. The lowest BCUT2D eigenvalue weighted by atomic mass is 9.97. The molecule has 14 heteroatoms. The third kappa shape index (κ3) is 7.61. The summed E-state index contributed by atoms with van der Waals surface area (Å²) < 4.78 is 10.4. The zero-order chi connectivity index (χ0) is 38.1. The number of nitrogens with zero attached hydrogens (tertiary/aromatic N) is 10. The van der Waals surface area contributed by atoms with Crippen molar-refractivity contribution in [2.75, 3.05) is 91.0 Å². The summed E-state index contributed by atoms with van der Waals surface area (Å²) in [4.78, 5) is 32.8. The number of benzene rings is 3. The van der Waals surface area contributed by atoms with E-state index in [1.807, 2.05) is 37.3 Å². The van der Waals surface area contributed by atoms with Gasteiger partial charge in [-0.2, -0.15) is 9.97 Å². The molecular formula is C41H48IN11OS. The number of likely N-dealkylation sites (N-methyl/N-ethyl adjacent to an activating group) is 1. The zero-order valence-corrected chi connectivity index (χ0v) is 35.1. The molecule has 6 aromatic rings. The van der Waals surface area contributed by atoms with E-state index in [2.05, 4.69) is 117 Å². The van der Waals surface area contributed by atoms with Crippen molar-refractivity contribution in [2.45, 2.75) is 25.3 Å². The van der Waals surface area contributed by atoms with Crippen LogP contribution in [0.2, 0.25) is 0 Å². The van der Waals surface area contributed by atoms with Crippen LogP contribution in [0.25, 0.3) is 22.1 Å². The van der Waals surface area contributed by atoms with Gasteiger partial charge >= 0.3 is 0 Å². The number of hydrogen-bond donors (Lipinski definition) is 1. The highest BCUT2D eigenvalue weighted by Crippen LogP contribution is 2.45. The molecule has 12 nitrogen and oxygen atoms in total. The number of ether oxygens (including phenoxy) is 1. The smallest absolute Gasteiger partial charge is 0.233 e. The molecule has 0 saturated carbocycles. The average molecular weight is 870 g/mol. The van der Waals surface area contributed by atoms with Gasteiger partial charge in [-0.15, -0.1) is 0 Å². The number of nitrogens with one attached hydrogen (secondary N) is 1. The second-order valence-electron chi connectivity index (χ2n) is 14.3. The Labute approximate surface area is 341 Å². The van der Waals surface area contributed by atoms with Crippen molar-refractivity contribution in [3.05, 3.63) is 90.4 Å².